The molecule has 1 aliphatic rings. The number of carbonyl (C=O) groups is 1. The normalized spacial score (nSPS) is 19.4. The van der Waals surface area contributed by atoms with Crippen molar-refractivity contribution in [1.29, 1.82) is 0 Å². The van der Waals surface area contributed by atoms with Crippen molar-refractivity contribution in [2.24, 2.45) is 0 Å². The number of carboxylic acids is 1. The van der Waals surface area contributed by atoms with Crippen LogP contribution in [0.2, 0.25) is 0 Å². The molecule has 0 aliphatic carbocycles. The minimum Gasteiger partial charge on any atom is -0.478 e. The van der Waals surface area contributed by atoms with Crippen molar-refractivity contribution >= 4 is 17.0 Å². The van der Waals surface area contributed by atoms with E-state index in [-0.39, 0.29) is 0 Å². The van der Waals surface area contributed by atoms with E-state index in [1.165, 1.54) is 0 Å². The molecule has 0 spiro atoms. The summed E-state index contributed by atoms with van der Waals surface area (Å²) in [4.78, 5) is 18.4. The van der Waals surface area contributed by atoms with Crippen molar-refractivity contribution < 1.29 is 9.90 Å². The molecular formula is C16H21N3O2. The number of para-hydroxylation sites is 1. The third kappa shape index (κ3) is 2.42. The van der Waals surface area contributed by atoms with Gasteiger partial charge in [-0.3, -0.25) is 0 Å². The quantitative estimate of drug-likeness (QED) is 0.939. The van der Waals surface area contributed by atoms with Crippen LogP contribution in [0.15, 0.2) is 18.2 Å². The van der Waals surface area contributed by atoms with Gasteiger partial charge in [0.1, 0.15) is 11.3 Å². The molecule has 0 amide bonds. The summed E-state index contributed by atoms with van der Waals surface area (Å²) >= 11 is 0. The van der Waals surface area contributed by atoms with Crippen LogP contribution >= 0.6 is 0 Å². The molecule has 1 aliphatic heterocycles. The number of aromatic nitrogens is 2. The van der Waals surface area contributed by atoms with Crippen LogP contribution in [-0.4, -0.2) is 45.7 Å². The summed E-state index contributed by atoms with van der Waals surface area (Å²) in [7, 11) is 2.13. The number of rotatable bonds is 4. The summed E-state index contributed by atoms with van der Waals surface area (Å²) in [6.07, 6.45) is 2.98. The first kappa shape index (κ1) is 14.1. The number of benzene rings is 1. The Morgan fingerprint density at radius 2 is 2.29 bits per heavy atom. The van der Waals surface area contributed by atoms with Gasteiger partial charge in [-0.2, -0.15) is 0 Å². The minimum absolute atomic E-state index is 0.301. The number of fused-ring (bicyclic) bond motifs is 1. The van der Waals surface area contributed by atoms with Crippen LogP contribution in [0, 0.1) is 0 Å². The molecule has 0 saturated carbocycles. The SMILES string of the molecule is CCCc1nc2c(C(=O)O)cccc2n1C1CCN(C)C1. The predicted octanol–water partition coefficient (Wildman–Crippen LogP) is 2.56. The Morgan fingerprint density at radius 3 is 2.90 bits per heavy atom. The number of nitrogens with zero attached hydrogens (tertiary/aromatic N) is 3. The van der Waals surface area contributed by atoms with E-state index < -0.39 is 5.97 Å². The maximum Gasteiger partial charge on any atom is 0.337 e. The number of carboxylic acid groups (broad SMARTS) is 1. The molecule has 1 saturated heterocycles. The second-order valence-corrected chi connectivity index (χ2v) is 5.83. The van der Waals surface area contributed by atoms with Gasteiger partial charge in [-0.05, 0) is 38.6 Å². The van der Waals surface area contributed by atoms with Gasteiger partial charge in [0.05, 0.1) is 11.1 Å². The molecule has 3 rings (SSSR count). The highest BCUT2D eigenvalue weighted by Crippen LogP contribution is 2.29. The van der Waals surface area contributed by atoms with Gasteiger partial charge in [-0.25, -0.2) is 9.78 Å². The van der Waals surface area contributed by atoms with Gasteiger partial charge in [0.15, 0.2) is 0 Å². The summed E-state index contributed by atoms with van der Waals surface area (Å²) < 4.78 is 2.27. The molecule has 2 aromatic rings. The van der Waals surface area contributed by atoms with Gasteiger partial charge < -0.3 is 14.6 Å². The number of imidazole rings is 1. The maximum absolute atomic E-state index is 11.4. The van der Waals surface area contributed by atoms with E-state index in [1.54, 1.807) is 6.07 Å². The molecule has 2 heterocycles. The maximum atomic E-state index is 11.4. The zero-order valence-corrected chi connectivity index (χ0v) is 12.5. The third-order valence-corrected chi connectivity index (χ3v) is 4.23. The van der Waals surface area contributed by atoms with Gasteiger partial charge in [0.25, 0.3) is 0 Å². The van der Waals surface area contributed by atoms with E-state index in [0.717, 1.165) is 43.7 Å². The summed E-state index contributed by atoms with van der Waals surface area (Å²) in [6.45, 7) is 4.20. The minimum atomic E-state index is -0.906. The molecule has 21 heavy (non-hydrogen) atoms. The number of likely N-dealkylation sites (N-methyl/N-ethyl adjacent to an activating group) is 1. The number of hydrogen-bond donors (Lipinski definition) is 1. The largest absolute Gasteiger partial charge is 0.478 e. The second-order valence-electron chi connectivity index (χ2n) is 5.83. The molecular weight excluding hydrogens is 266 g/mol. The van der Waals surface area contributed by atoms with Gasteiger partial charge in [0, 0.05) is 19.0 Å². The van der Waals surface area contributed by atoms with Gasteiger partial charge in [0.2, 0.25) is 0 Å². The van der Waals surface area contributed by atoms with E-state index >= 15 is 0 Å². The van der Waals surface area contributed by atoms with Crippen LogP contribution in [0.1, 0.15) is 42.0 Å². The highest BCUT2D eigenvalue weighted by Gasteiger charge is 2.26. The molecule has 1 atom stereocenters. The predicted molar refractivity (Wildman–Crippen MR) is 81.8 cm³/mol. The summed E-state index contributed by atoms with van der Waals surface area (Å²) in [5, 5.41) is 9.36. The number of aryl methyl sites for hydroxylation is 1. The van der Waals surface area contributed by atoms with E-state index in [4.69, 9.17) is 0 Å². The molecule has 1 aromatic heterocycles. The van der Waals surface area contributed by atoms with Crippen LogP contribution in [0.3, 0.4) is 0 Å². The molecule has 1 fully saturated rings. The average Bonchev–Trinajstić information content (AvgIpc) is 3.01. The van der Waals surface area contributed by atoms with Crippen LogP contribution in [0.25, 0.3) is 11.0 Å². The van der Waals surface area contributed by atoms with Crippen molar-refractivity contribution in [3.8, 4) is 0 Å². The van der Waals surface area contributed by atoms with Crippen LogP contribution < -0.4 is 0 Å². The molecule has 1 aromatic carbocycles. The third-order valence-electron chi connectivity index (χ3n) is 4.23. The van der Waals surface area contributed by atoms with Crippen molar-refractivity contribution in [1.82, 2.24) is 14.5 Å². The molecule has 1 N–H and O–H groups in total. The smallest absolute Gasteiger partial charge is 0.337 e. The highest BCUT2D eigenvalue weighted by molar-refractivity contribution is 6.01. The van der Waals surface area contributed by atoms with E-state index in [1.807, 2.05) is 12.1 Å². The molecule has 0 radical (unpaired) electrons. The fourth-order valence-corrected chi connectivity index (χ4v) is 3.27. The van der Waals surface area contributed by atoms with Crippen molar-refractivity contribution in [2.75, 3.05) is 20.1 Å². The molecule has 0 bridgehead atoms. The van der Waals surface area contributed by atoms with Crippen molar-refractivity contribution in [3.63, 3.8) is 0 Å². The summed E-state index contributed by atoms with van der Waals surface area (Å²) in [6, 6.07) is 5.84. The first-order valence-electron chi connectivity index (χ1n) is 7.53. The van der Waals surface area contributed by atoms with E-state index in [9.17, 15) is 9.90 Å². The lowest BCUT2D eigenvalue weighted by Crippen LogP contribution is -2.18. The van der Waals surface area contributed by atoms with Crippen LogP contribution in [0.4, 0.5) is 0 Å². The lowest BCUT2D eigenvalue weighted by Gasteiger charge is -2.16. The topological polar surface area (TPSA) is 58.4 Å². The van der Waals surface area contributed by atoms with E-state index in [2.05, 4.69) is 28.4 Å². The Hall–Kier alpha value is -1.88. The molecule has 5 nitrogen and oxygen atoms in total. The van der Waals surface area contributed by atoms with E-state index in [0.29, 0.717) is 17.1 Å². The number of hydrogen-bond acceptors (Lipinski definition) is 3. The number of aromatic carboxylic acids is 1. The monoisotopic (exact) mass is 287 g/mol. The van der Waals surface area contributed by atoms with Crippen molar-refractivity contribution in [3.05, 3.63) is 29.6 Å². The Morgan fingerprint density at radius 1 is 1.48 bits per heavy atom. The fourth-order valence-electron chi connectivity index (χ4n) is 3.27. The standard InChI is InChI=1S/C16H21N3O2/c1-3-5-14-17-15-12(16(20)21)6-4-7-13(15)19(14)11-8-9-18(2)10-11/h4,6-7,11H,3,5,8-10H2,1-2H3,(H,20,21). The van der Waals surface area contributed by atoms with Crippen molar-refractivity contribution in [2.45, 2.75) is 32.2 Å². The van der Waals surface area contributed by atoms with Crippen LogP contribution in [0.5, 0.6) is 0 Å². The lowest BCUT2D eigenvalue weighted by molar-refractivity contribution is 0.0699. The first-order chi connectivity index (χ1) is 10.1. The van der Waals surface area contributed by atoms with Crippen LogP contribution in [-0.2, 0) is 6.42 Å². The van der Waals surface area contributed by atoms with Gasteiger partial charge >= 0.3 is 5.97 Å². The van der Waals surface area contributed by atoms with Gasteiger partial charge in [-0.15, -0.1) is 0 Å². The zero-order chi connectivity index (χ0) is 15.0. The molecule has 5 heteroatoms. The average molecular weight is 287 g/mol. The molecule has 112 valence electrons. The lowest BCUT2D eigenvalue weighted by atomic mass is 10.1. The highest BCUT2D eigenvalue weighted by atomic mass is 16.4. The summed E-state index contributed by atoms with van der Waals surface area (Å²) in [5.74, 6) is 0.110. The second kappa shape index (κ2) is 5.48. The number of likely N-dealkylation sites (tertiary alicyclic amines) is 1. The Bertz CT molecular complexity index is 677. The molecule has 1 unspecified atom stereocenters. The summed E-state index contributed by atoms with van der Waals surface area (Å²) in [5.41, 5.74) is 1.89. The zero-order valence-electron chi connectivity index (χ0n) is 12.5. The Labute approximate surface area is 124 Å². The Balaban J connectivity index is 2.18. The van der Waals surface area contributed by atoms with Gasteiger partial charge in [-0.1, -0.05) is 13.0 Å². The first-order valence-corrected chi connectivity index (χ1v) is 7.53. The Kier molecular flexibility index (Phi) is 3.68. The fraction of sp³-hybridized carbons (Fsp3) is 0.500.